The molecule has 0 spiro atoms. The van der Waals surface area contributed by atoms with Crippen molar-refractivity contribution in [2.24, 2.45) is 0 Å². The summed E-state index contributed by atoms with van der Waals surface area (Å²) in [4.78, 5) is 12.6. The maximum Gasteiger partial charge on any atom is 0.338 e. The second kappa shape index (κ2) is 12.1. The third-order valence-electron chi connectivity index (χ3n) is 4.12. The van der Waals surface area contributed by atoms with Crippen LogP contribution in [0, 0.1) is 0 Å². The van der Waals surface area contributed by atoms with Crippen LogP contribution in [0.25, 0.3) is 0 Å². The fourth-order valence-corrected chi connectivity index (χ4v) is 2.95. The smallest absolute Gasteiger partial charge is 0.338 e. The highest BCUT2D eigenvalue weighted by molar-refractivity contribution is 5.90. The topological polar surface area (TPSA) is 35.5 Å². The fraction of sp³-hybridized carbons (Fsp3) is 0.667. The Kier molecular flexibility index (Phi) is 10.4. The van der Waals surface area contributed by atoms with E-state index in [0.29, 0.717) is 12.2 Å². The summed E-state index contributed by atoms with van der Waals surface area (Å²) in [6.07, 6.45) is 8.24. The van der Waals surface area contributed by atoms with Gasteiger partial charge in [0, 0.05) is 7.11 Å². The lowest BCUT2D eigenvalue weighted by Gasteiger charge is -2.18. The van der Waals surface area contributed by atoms with Gasteiger partial charge in [-0.05, 0) is 48.9 Å². The van der Waals surface area contributed by atoms with E-state index >= 15 is 0 Å². The number of aryl methyl sites for hydroxylation is 2. The molecule has 3 heteroatoms. The highest BCUT2D eigenvalue weighted by Gasteiger charge is 2.17. The lowest BCUT2D eigenvalue weighted by molar-refractivity contribution is 0.00239. The summed E-state index contributed by atoms with van der Waals surface area (Å²) < 4.78 is 10.9. The van der Waals surface area contributed by atoms with Crippen LogP contribution in [-0.2, 0) is 22.3 Å². The number of hydrogen-bond acceptors (Lipinski definition) is 3. The van der Waals surface area contributed by atoms with Crippen molar-refractivity contribution in [2.75, 3.05) is 13.7 Å². The first-order valence-corrected chi connectivity index (χ1v) is 9.47. The molecule has 0 saturated carbocycles. The van der Waals surface area contributed by atoms with E-state index in [2.05, 4.69) is 26.8 Å². The molecule has 0 aliphatic heterocycles. The summed E-state index contributed by atoms with van der Waals surface area (Å²) in [5.74, 6) is -0.219. The molecule has 1 aromatic rings. The Morgan fingerprint density at radius 2 is 1.58 bits per heavy atom. The predicted molar refractivity (Wildman–Crippen MR) is 99.7 cm³/mol. The van der Waals surface area contributed by atoms with Crippen molar-refractivity contribution in [3.63, 3.8) is 0 Å². The van der Waals surface area contributed by atoms with E-state index in [1.54, 1.807) is 7.11 Å². The Hall–Kier alpha value is -1.35. The van der Waals surface area contributed by atoms with Gasteiger partial charge in [0.15, 0.2) is 0 Å². The quantitative estimate of drug-likeness (QED) is 0.382. The van der Waals surface area contributed by atoms with Crippen LogP contribution >= 0.6 is 0 Å². The number of rotatable bonds is 12. The van der Waals surface area contributed by atoms with Crippen molar-refractivity contribution in [3.8, 4) is 0 Å². The molecular formula is C21H34O3. The fourth-order valence-electron chi connectivity index (χ4n) is 2.95. The molecule has 0 N–H and O–H groups in total. The highest BCUT2D eigenvalue weighted by atomic mass is 16.6. The molecule has 0 heterocycles. The summed E-state index contributed by atoms with van der Waals surface area (Å²) in [7, 11) is 1.65. The number of unbranched alkanes of at least 4 members (excludes halogenated alkanes) is 2. The van der Waals surface area contributed by atoms with Gasteiger partial charge >= 0.3 is 5.97 Å². The predicted octanol–water partition coefficient (Wildman–Crippen LogP) is 5.34. The first-order chi connectivity index (χ1) is 11.6. The maximum atomic E-state index is 12.6. The zero-order chi connectivity index (χ0) is 17.8. The van der Waals surface area contributed by atoms with E-state index in [0.717, 1.165) is 51.4 Å². The zero-order valence-corrected chi connectivity index (χ0v) is 15.9. The number of ether oxygens (including phenoxy) is 2. The summed E-state index contributed by atoms with van der Waals surface area (Å²) >= 11 is 0. The van der Waals surface area contributed by atoms with Gasteiger partial charge in [-0.1, -0.05) is 52.5 Å². The number of carbonyl (C=O) groups excluding carboxylic acids is 1. The van der Waals surface area contributed by atoms with Gasteiger partial charge in [-0.25, -0.2) is 4.79 Å². The van der Waals surface area contributed by atoms with E-state index in [9.17, 15) is 4.79 Å². The minimum Gasteiger partial charge on any atom is -0.456 e. The Morgan fingerprint density at radius 1 is 0.958 bits per heavy atom. The second-order valence-electron chi connectivity index (χ2n) is 6.52. The zero-order valence-electron chi connectivity index (χ0n) is 15.9. The molecule has 1 aromatic carbocycles. The van der Waals surface area contributed by atoms with Crippen molar-refractivity contribution in [2.45, 2.75) is 78.2 Å². The van der Waals surface area contributed by atoms with Crippen LogP contribution in [0.4, 0.5) is 0 Å². The molecule has 0 saturated heterocycles. The molecule has 0 radical (unpaired) electrons. The molecule has 0 aromatic heterocycles. The van der Waals surface area contributed by atoms with Gasteiger partial charge in [-0.2, -0.15) is 0 Å². The Bertz CT molecular complexity index is 458. The summed E-state index contributed by atoms with van der Waals surface area (Å²) in [6, 6.07) is 6.19. The molecule has 1 unspecified atom stereocenters. The molecule has 0 fully saturated rings. The minimum absolute atomic E-state index is 0.154. The van der Waals surface area contributed by atoms with E-state index < -0.39 is 0 Å². The molecule has 1 rings (SSSR count). The lowest BCUT2D eigenvalue weighted by Crippen LogP contribution is -2.23. The van der Waals surface area contributed by atoms with Gasteiger partial charge < -0.3 is 9.47 Å². The highest BCUT2D eigenvalue weighted by Crippen LogP contribution is 2.17. The van der Waals surface area contributed by atoms with E-state index in [1.165, 1.54) is 11.1 Å². The van der Waals surface area contributed by atoms with Crippen LogP contribution in [0.1, 0.15) is 80.8 Å². The Labute approximate surface area is 147 Å². The van der Waals surface area contributed by atoms with E-state index in [1.807, 2.05) is 12.1 Å². The van der Waals surface area contributed by atoms with E-state index in [-0.39, 0.29) is 12.1 Å². The summed E-state index contributed by atoms with van der Waals surface area (Å²) in [5.41, 5.74) is 3.13. The molecular weight excluding hydrogens is 300 g/mol. The molecule has 136 valence electrons. The summed E-state index contributed by atoms with van der Waals surface area (Å²) in [6.45, 7) is 6.96. The van der Waals surface area contributed by atoms with Crippen molar-refractivity contribution in [1.29, 1.82) is 0 Å². The molecule has 0 aliphatic rings. The Balaban J connectivity index is 2.82. The number of hydrogen-bond donors (Lipinski definition) is 0. The van der Waals surface area contributed by atoms with E-state index in [4.69, 9.17) is 9.47 Å². The molecule has 0 bridgehead atoms. The lowest BCUT2D eigenvalue weighted by atomic mass is 10.00. The second-order valence-corrected chi connectivity index (χ2v) is 6.52. The van der Waals surface area contributed by atoms with Gasteiger partial charge in [-0.3, -0.25) is 0 Å². The van der Waals surface area contributed by atoms with Crippen LogP contribution in [0.5, 0.6) is 0 Å². The van der Waals surface area contributed by atoms with Gasteiger partial charge in [0.2, 0.25) is 0 Å². The molecule has 3 nitrogen and oxygen atoms in total. The normalized spacial score (nSPS) is 12.2. The molecule has 0 amide bonds. The molecule has 24 heavy (non-hydrogen) atoms. The van der Waals surface area contributed by atoms with Crippen LogP contribution in [0.2, 0.25) is 0 Å². The first kappa shape index (κ1) is 20.7. The monoisotopic (exact) mass is 334 g/mol. The average Bonchev–Trinajstić information content (AvgIpc) is 2.55. The third kappa shape index (κ3) is 7.48. The molecule has 0 aliphatic carbocycles. The van der Waals surface area contributed by atoms with Gasteiger partial charge in [0.25, 0.3) is 0 Å². The van der Waals surface area contributed by atoms with Crippen LogP contribution in [0.15, 0.2) is 18.2 Å². The van der Waals surface area contributed by atoms with Crippen molar-refractivity contribution in [3.05, 3.63) is 34.9 Å². The largest absolute Gasteiger partial charge is 0.456 e. The van der Waals surface area contributed by atoms with Crippen LogP contribution in [-0.4, -0.2) is 25.8 Å². The average molecular weight is 335 g/mol. The first-order valence-electron chi connectivity index (χ1n) is 9.47. The third-order valence-corrected chi connectivity index (χ3v) is 4.12. The van der Waals surface area contributed by atoms with Gasteiger partial charge in [-0.15, -0.1) is 0 Å². The standard InChI is InChI=1S/C21H34O3/c1-5-8-9-12-20(16-23-4)24-21(22)19-14-17(10-6-2)13-18(15-19)11-7-3/h13-15,20H,5-12,16H2,1-4H3. The number of methoxy groups -OCH3 is 1. The van der Waals surface area contributed by atoms with Crippen LogP contribution in [0.3, 0.4) is 0 Å². The number of carbonyl (C=O) groups is 1. The molecule has 1 atom stereocenters. The van der Waals surface area contributed by atoms with Crippen molar-refractivity contribution in [1.82, 2.24) is 0 Å². The van der Waals surface area contributed by atoms with Gasteiger partial charge in [0.1, 0.15) is 6.10 Å². The SMILES string of the molecule is CCCCCC(COC)OC(=O)c1cc(CCC)cc(CCC)c1. The summed E-state index contributed by atoms with van der Waals surface area (Å²) in [5, 5.41) is 0. The number of esters is 1. The van der Waals surface area contributed by atoms with Crippen molar-refractivity contribution >= 4 is 5.97 Å². The number of benzene rings is 1. The maximum absolute atomic E-state index is 12.6. The Morgan fingerprint density at radius 3 is 2.08 bits per heavy atom. The van der Waals surface area contributed by atoms with Gasteiger partial charge in [0.05, 0.1) is 12.2 Å². The van der Waals surface area contributed by atoms with Crippen molar-refractivity contribution < 1.29 is 14.3 Å². The minimum atomic E-state index is -0.219. The van der Waals surface area contributed by atoms with Crippen LogP contribution < -0.4 is 0 Å².